The topological polar surface area (TPSA) is 105 Å². The minimum atomic E-state index is -0.298. The van der Waals surface area contributed by atoms with Crippen molar-refractivity contribution in [3.8, 4) is 0 Å². The van der Waals surface area contributed by atoms with Gasteiger partial charge in [0.2, 0.25) is 0 Å². The fraction of sp³-hybridized carbons (Fsp3) is 0. The van der Waals surface area contributed by atoms with Crippen molar-refractivity contribution in [1.29, 1.82) is 0 Å². The quantitative estimate of drug-likeness (QED) is 0.413. The number of nitrogens with zero attached hydrogens (tertiary/aromatic N) is 2. The second-order valence-electron chi connectivity index (χ2n) is 5.03. The second kappa shape index (κ2) is 7.69. The highest BCUT2D eigenvalue weighted by molar-refractivity contribution is 7.80. The molecule has 0 aliphatic carbocycles. The molecule has 1 heterocycles. The molecule has 5 N–H and O–H groups in total. The van der Waals surface area contributed by atoms with E-state index < -0.39 is 0 Å². The van der Waals surface area contributed by atoms with Crippen molar-refractivity contribution in [3.63, 3.8) is 0 Å². The molecule has 1 aromatic heterocycles. The smallest absolute Gasteiger partial charge is 0.277 e. The Labute approximate surface area is 153 Å². The van der Waals surface area contributed by atoms with Gasteiger partial charge in [-0.3, -0.25) is 4.79 Å². The molecule has 0 fully saturated rings. The SMILES string of the molecule is Nc1cccc(NC(=S)Nc2ccc(NC(=O)c3csnn3)cc2)c1. The minimum absolute atomic E-state index is 0.291. The summed E-state index contributed by atoms with van der Waals surface area (Å²) in [6.07, 6.45) is 0. The van der Waals surface area contributed by atoms with Crippen molar-refractivity contribution in [1.82, 2.24) is 9.59 Å². The number of aromatic nitrogens is 2. The Kier molecular flexibility index (Phi) is 5.17. The van der Waals surface area contributed by atoms with Gasteiger partial charge >= 0.3 is 0 Å². The Bertz CT molecular complexity index is 880. The average molecular weight is 370 g/mol. The number of hydrogen-bond donors (Lipinski definition) is 4. The molecule has 126 valence electrons. The van der Waals surface area contributed by atoms with E-state index in [9.17, 15) is 4.79 Å². The van der Waals surface area contributed by atoms with Crippen LogP contribution >= 0.6 is 23.8 Å². The Balaban J connectivity index is 1.57. The first-order valence-corrected chi connectivity index (χ1v) is 8.47. The van der Waals surface area contributed by atoms with E-state index in [1.165, 1.54) is 0 Å². The molecular weight excluding hydrogens is 356 g/mol. The fourth-order valence-corrected chi connectivity index (χ4v) is 2.68. The molecule has 0 atom stereocenters. The summed E-state index contributed by atoms with van der Waals surface area (Å²) in [5.41, 5.74) is 8.92. The van der Waals surface area contributed by atoms with Crippen LogP contribution in [-0.4, -0.2) is 20.6 Å². The number of anilines is 4. The van der Waals surface area contributed by atoms with Crippen LogP contribution < -0.4 is 21.7 Å². The molecule has 3 aromatic rings. The van der Waals surface area contributed by atoms with Gasteiger partial charge in [-0.25, -0.2) is 0 Å². The molecule has 9 heteroatoms. The second-order valence-corrected chi connectivity index (χ2v) is 6.04. The number of hydrogen-bond acceptors (Lipinski definition) is 6. The number of thiocarbonyl (C=S) groups is 1. The first-order chi connectivity index (χ1) is 12.1. The van der Waals surface area contributed by atoms with Gasteiger partial charge in [0, 0.05) is 28.1 Å². The molecule has 0 saturated heterocycles. The van der Waals surface area contributed by atoms with E-state index in [0.717, 1.165) is 22.9 Å². The Hall–Kier alpha value is -3.04. The Morgan fingerprint density at radius 3 is 2.32 bits per heavy atom. The molecule has 2 aromatic carbocycles. The van der Waals surface area contributed by atoms with E-state index in [4.69, 9.17) is 18.0 Å². The van der Waals surface area contributed by atoms with Crippen molar-refractivity contribution in [2.75, 3.05) is 21.7 Å². The van der Waals surface area contributed by atoms with Gasteiger partial charge in [-0.1, -0.05) is 10.6 Å². The van der Waals surface area contributed by atoms with Crippen molar-refractivity contribution in [2.24, 2.45) is 0 Å². The standard InChI is InChI=1S/C16H14N6OS2/c17-10-2-1-3-13(8-10)20-16(24)19-12-6-4-11(5-7-12)18-15(23)14-9-25-22-21-14/h1-9H,17H2,(H,18,23)(H2,19,20,24). The van der Waals surface area contributed by atoms with Crippen LogP contribution in [0.5, 0.6) is 0 Å². The molecule has 0 bridgehead atoms. The molecule has 0 aliphatic rings. The lowest BCUT2D eigenvalue weighted by Crippen LogP contribution is -2.19. The summed E-state index contributed by atoms with van der Waals surface area (Å²) < 4.78 is 3.66. The molecule has 25 heavy (non-hydrogen) atoms. The molecule has 1 amide bonds. The molecular formula is C16H14N6OS2. The summed E-state index contributed by atoms with van der Waals surface area (Å²) in [4.78, 5) is 11.9. The predicted molar refractivity (Wildman–Crippen MR) is 105 cm³/mol. The van der Waals surface area contributed by atoms with E-state index in [1.807, 2.05) is 24.3 Å². The van der Waals surface area contributed by atoms with E-state index in [0.29, 0.717) is 22.2 Å². The van der Waals surface area contributed by atoms with Gasteiger partial charge in [0.05, 0.1) is 0 Å². The van der Waals surface area contributed by atoms with Crippen molar-refractivity contribution < 1.29 is 4.79 Å². The normalized spacial score (nSPS) is 10.1. The summed E-state index contributed by atoms with van der Waals surface area (Å²) in [6.45, 7) is 0. The van der Waals surface area contributed by atoms with Gasteiger partial charge < -0.3 is 21.7 Å². The molecule has 7 nitrogen and oxygen atoms in total. The third-order valence-electron chi connectivity index (χ3n) is 3.14. The maximum Gasteiger partial charge on any atom is 0.277 e. The van der Waals surface area contributed by atoms with Gasteiger partial charge in [0.1, 0.15) is 0 Å². The Morgan fingerprint density at radius 1 is 1.00 bits per heavy atom. The number of carbonyl (C=O) groups excluding carboxylic acids is 1. The van der Waals surface area contributed by atoms with Gasteiger partial charge in [0.15, 0.2) is 10.8 Å². The highest BCUT2D eigenvalue weighted by Gasteiger charge is 2.08. The van der Waals surface area contributed by atoms with Crippen LogP contribution in [0.4, 0.5) is 22.7 Å². The lowest BCUT2D eigenvalue weighted by Gasteiger charge is -2.11. The zero-order chi connectivity index (χ0) is 17.6. The van der Waals surface area contributed by atoms with Gasteiger partial charge in [-0.15, -0.1) is 5.10 Å². The third-order valence-corrected chi connectivity index (χ3v) is 3.85. The van der Waals surface area contributed by atoms with Crippen molar-refractivity contribution >= 4 is 57.5 Å². The van der Waals surface area contributed by atoms with E-state index >= 15 is 0 Å². The van der Waals surface area contributed by atoms with Crippen molar-refractivity contribution in [2.45, 2.75) is 0 Å². The lowest BCUT2D eigenvalue weighted by atomic mass is 10.2. The molecule has 0 spiro atoms. The minimum Gasteiger partial charge on any atom is -0.399 e. The third kappa shape index (κ3) is 4.72. The highest BCUT2D eigenvalue weighted by atomic mass is 32.1. The molecule has 3 rings (SSSR count). The molecule has 0 aliphatic heterocycles. The van der Waals surface area contributed by atoms with Crippen LogP contribution in [0.3, 0.4) is 0 Å². The predicted octanol–water partition coefficient (Wildman–Crippen LogP) is 3.18. The van der Waals surface area contributed by atoms with Crippen LogP contribution in [0.1, 0.15) is 10.5 Å². The van der Waals surface area contributed by atoms with Gasteiger partial charge in [-0.05, 0) is 66.2 Å². The Morgan fingerprint density at radius 2 is 1.68 bits per heavy atom. The van der Waals surface area contributed by atoms with E-state index in [2.05, 4.69) is 25.5 Å². The molecule has 0 unspecified atom stereocenters. The summed E-state index contributed by atoms with van der Waals surface area (Å²) in [7, 11) is 0. The summed E-state index contributed by atoms with van der Waals surface area (Å²) in [5.74, 6) is -0.298. The first kappa shape index (κ1) is 16.8. The lowest BCUT2D eigenvalue weighted by molar-refractivity contribution is 0.102. The number of carbonyl (C=O) groups is 1. The first-order valence-electron chi connectivity index (χ1n) is 7.22. The number of nitrogen functional groups attached to an aromatic ring is 1. The summed E-state index contributed by atoms with van der Waals surface area (Å²) in [5, 5.41) is 14.6. The number of nitrogens with two attached hydrogens (primary N) is 1. The van der Waals surface area contributed by atoms with Crippen LogP contribution in [-0.2, 0) is 0 Å². The maximum absolute atomic E-state index is 11.9. The number of benzene rings is 2. The summed E-state index contributed by atoms with van der Waals surface area (Å²) in [6, 6.07) is 14.5. The van der Waals surface area contributed by atoms with Crippen LogP contribution in [0, 0.1) is 0 Å². The van der Waals surface area contributed by atoms with Crippen LogP contribution in [0.25, 0.3) is 0 Å². The number of rotatable bonds is 4. The largest absolute Gasteiger partial charge is 0.399 e. The fourth-order valence-electron chi connectivity index (χ4n) is 2.01. The van der Waals surface area contributed by atoms with Crippen molar-refractivity contribution in [3.05, 3.63) is 59.6 Å². The van der Waals surface area contributed by atoms with Gasteiger partial charge in [-0.2, -0.15) is 0 Å². The van der Waals surface area contributed by atoms with Crippen LogP contribution in [0.15, 0.2) is 53.9 Å². The molecule has 0 saturated carbocycles. The highest BCUT2D eigenvalue weighted by Crippen LogP contribution is 2.16. The maximum atomic E-state index is 11.9. The average Bonchev–Trinajstić information content (AvgIpc) is 3.11. The monoisotopic (exact) mass is 370 g/mol. The van der Waals surface area contributed by atoms with E-state index in [1.54, 1.807) is 29.6 Å². The zero-order valence-corrected chi connectivity index (χ0v) is 14.5. The zero-order valence-electron chi connectivity index (χ0n) is 12.9. The van der Waals surface area contributed by atoms with E-state index in [-0.39, 0.29) is 5.91 Å². The number of amides is 1. The molecule has 0 radical (unpaired) electrons. The van der Waals surface area contributed by atoms with Crippen LogP contribution in [0.2, 0.25) is 0 Å². The number of nitrogens with one attached hydrogen (secondary N) is 3. The summed E-state index contributed by atoms with van der Waals surface area (Å²) >= 11 is 6.40. The van der Waals surface area contributed by atoms with Gasteiger partial charge in [0.25, 0.3) is 5.91 Å².